The van der Waals surface area contributed by atoms with Crippen LogP contribution in [0.15, 0.2) is 21.9 Å². The fraction of sp³-hybridized carbons (Fsp3) is 0.500. The molecule has 2 unspecified atom stereocenters. The summed E-state index contributed by atoms with van der Waals surface area (Å²) in [6.45, 7) is 7.38. The monoisotopic (exact) mass is 337 g/mol. The second-order valence-corrected chi connectivity index (χ2v) is 6.69. The van der Waals surface area contributed by atoms with E-state index in [-0.39, 0.29) is 18.6 Å². The van der Waals surface area contributed by atoms with Gasteiger partial charge in [0.05, 0.1) is 12.6 Å². The molecule has 0 saturated heterocycles. The van der Waals surface area contributed by atoms with E-state index in [4.69, 9.17) is 4.42 Å². The first-order chi connectivity index (χ1) is 10.8. The highest BCUT2D eigenvalue weighted by Gasteiger charge is 2.28. The van der Waals surface area contributed by atoms with Gasteiger partial charge in [0.1, 0.15) is 22.1 Å². The first-order valence-electron chi connectivity index (χ1n) is 7.57. The number of aliphatic hydroxyl groups is 1. The van der Waals surface area contributed by atoms with Crippen LogP contribution in [0.5, 0.6) is 0 Å². The third kappa shape index (κ3) is 4.56. The van der Waals surface area contributed by atoms with Gasteiger partial charge < -0.3 is 20.2 Å². The van der Waals surface area contributed by atoms with Gasteiger partial charge in [-0.05, 0) is 39.3 Å². The minimum atomic E-state index is -1.26. The van der Waals surface area contributed by atoms with Gasteiger partial charge in [0, 0.05) is 11.1 Å². The molecular formula is C16H23N3O3S. The summed E-state index contributed by atoms with van der Waals surface area (Å²) in [5.74, 6) is 1.15. The number of rotatable bonds is 6. The molecule has 2 heterocycles. The molecule has 23 heavy (non-hydrogen) atoms. The number of urea groups is 1. The SMILES string of the molecule is CCC(NC(=O)NCC(C)(O)c1ccc(C)o1)c1nc(C)cs1. The molecule has 0 fully saturated rings. The maximum absolute atomic E-state index is 12.1. The standard InChI is InChI=1S/C16H23N3O3S/c1-5-12(14-18-10(2)8-23-14)19-15(20)17-9-16(4,21)13-7-6-11(3)22-13/h6-8,12,21H,5,9H2,1-4H3,(H2,17,19,20). The Kier molecular flexibility index (Phi) is 5.43. The molecule has 3 N–H and O–H groups in total. The maximum atomic E-state index is 12.1. The molecule has 2 atom stereocenters. The predicted molar refractivity (Wildman–Crippen MR) is 89.4 cm³/mol. The molecule has 2 aromatic heterocycles. The van der Waals surface area contributed by atoms with Crippen molar-refractivity contribution < 1.29 is 14.3 Å². The number of nitrogens with zero attached hydrogens (tertiary/aromatic N) is 1. The highest BCUT2D eigenvalue weighted by atomic mass is 32.1. The van der Waals surface area contributed by atoms with Crippen molar-refractivity contribution in [2.24, 2.45) is 0 Å². The molecule has 0 aromatic carbocycles. The highest BCUT2D eigenvalue weighted by molar-refractivity contribution is 7.09. The van der Waals surface area contributed by atoms with Gasteiger partial charge in [-0.3, -0.25) is 0 Å². The van der Waals surface area contributed by atoms with Crippen LogP contribution in [0.2, 0.25) is 0 Å². The molecule has 0 bridgehead atoms. The molecule has 0 aliphatic heterocycles. The van der Waals surface area contributed by atoms with E-state index in [1.54, 1.807) is 19.1 Å². The number of aryl methyl sites for hydroxylation is 2. The third-order valence-electron chi connectivity index (χ3n) is 3.51. The molecule has 0 aliphatic rings. The molecular weight excluding hydrogens is 314 g/mol. The van der Waals surface area contributed by atoms with Crippen molar-refractivity contribution in [2.75, 3.05) is 6.54 Å². The van der Waals surface area contributed by atoms with E-state index < -0.39 is 5.60 Å². The second kappa shape index (κ2) is 7.14. The van der Waals surface area contributed by atoms with E-state index in [9.17, 15) is 9.90 Å². The van der Waals surface area contributed by atoms with Crippen molar-refractivity contribution in [3.8, 4) is 0 Å². The Balaban J connectivity index is 1.91. The zero-order valence-electron chi connectivity index (χ0n) is 13.8. The topological polar surface area (TPSA) is 87.4 Å². The van der Waals surface area contributed by atoms with Crippen LogP contribution < -0.4 is 10.6 Å². The molecule has 126 valence electrons. The number of hydrogen-bond acceptors (Lipinski definition) is 5. The van der Waals surface area contributed by atoms with E-state index in [0.717, 1.165) is 22.9 Å². The molecule has 0 aliphatic carbocycles. The summed E-state index contributed by atoms with van der Waals surface area (Å²) in [6.07, 6.45) is 0.744. The number of carbonyl (C=O) groups excluding carboxylic acids is 1. The van der Waals surface area contributed by atoms with Crippen molar-refractivity contribution in [2.45, 2.75) is 45.8 Å². The molecule has 6 nitrogen and oxygen atoms in total. The first-order valence-corrected chi connectivity index (χ1v) is 8.45. The largest absolute Gasteiger partial charge is 0.463 e. The van der Waals surface area contributed by atoms with Crippen molar-refractivity contribution in [1.29, 1.82) is 0 Å². The minimum absolute atomic E-state index is 0.0547. The van der Waals surface area contributed by atoms with Gasteiger partial charge in [-0.1, -0.05) is 6.92 Å². The van der Waals surface area contributed by atoms with Crippen molar-refractivity contribution in [3.63, 3.8) is 0 Å². The quantitative estimate of drug-likeness (QED) is 0.756. The Morgan fingerprint density at radius 1 is 1.48 bits per heavy atom. The Hall–Kier alpha value is -1.86. The number of thiazole rings is 1. The van der Waals surface area contributed by atoms with Crippen LogP contribution in [-0.2, 0) is 5.60 Å². The summed E-state index contributed by atoms with van der Waals surface area (Å²) in [5.41, 5.74) is -0.313. The van der Waals surface area contributed by atoms with Crippen LogP contribution in [-0.4, -0.2) is 22.7 Å². The van der Waals surface area contributed by atoms with Crippen LogP contribution >= 0.6 is 11.3 Å². The molecule has 0 radical (unpaired) electrons. The van der Waals surface area contributed by atoms with E-state index in [1.165, 1.54) is 11.3 Å². The molecule has 0 spiro atoms. The summed E-state index contributed by atoms with van der Waals surface area (Å²) in [4.78, 5) is 16.5. The van der Waals surface area contributed by atoms with Gasteiger partial charge in [0.15, 0.2) is 0 Å². The minimum Gasteiger partial charge on any atom is -0.463 e. The molecule has 2 aromatic rings. The number of amides is 2. The Labute approximate surface area is 139 Å². The molecule has 2 rings (SSSR count). The van der Waals surface area contributed by atoms with Crippen LogP contribution in [0.1, 0.15) is 48.5 Å². The summed E-state index contributed by atoms with van der Waals surface area (Å²) in [6, 6.07) is 3.02. The van der Waals surface area contributed by atoms with Gasteiger partial charge in [-0.2, -0.15) is 0 Å². The molecule has 7 heteroatoms. The second-order valence-electron chi connectivity index (χ2n) is 5.80. The van der Waals surface area contributed by atoms with Gasteiger partial charge >= 0.3 is 6.03 Å². The maximum Gasteiger partial charge on any atom is 0.315 e. The summed E-state index contributed by atoms with van der Waals surface area (Å²) < 4.78 is 5.42. The number of hydrogen-bond donors (Lipinski definition) is 3. The molecule has 2 amide bonds. The number of aromatic nitrogens is 1. The lowest BCUT2D eigenvalue weighted by atomic mass is 10.0. The number of carbonyl (C=O) groups is 1. The van der Waals surface area contributed by atoms with Gasteiger partial charge in [0.25, 0.3) is 0 Å². The summed E-state index contributed by atoms with van der Waals surface area (Å²) in [5, 5.41) is 18.8. The van der Waals surface area contributed by atoms with E-state index in [0.29, 0.717) is 5.76 Å². The average molecular weight is 337 g/mol. The average Bonchev–Trinajstić information content (AvgIpc) is 3.12. The van der Waals surface area contributed by atoms with Crippen molar-refractivity contribution in [1.82, 2.24) is 15.6 Å². The van der Waals surface area contributed by atoms with Crippen molar-refractivity contribution in [3.05, 3.63) is 39.7 Å². The lowest BCUT2D eigenvalue weighted by molar-refractivity contribution is 0.0359. The fourth-order valence-corrected chi connectivity index (χ4v) is 3.07. The zero-order chi connectivity index (χ0) is 17.0. The zero-order valence-corrected chi connectivity index (χ0v) is 14.7. The van der Waals surface area contributed by atoms with Crippen LogP contribution in [0, 0.1) is 13.8 Å². The van der Waals surface area contributed by atoms with Gasteiger partial charge in [-0.15, -0.1) is 11.3 Å². The highest BCUT2D eigenvalue weighted by Crippen LogP contribution is 2.23. The van der Waals surface area contributed by atoms with Crippen molar-refractivity contribution >= 4 is 17.4 Å². The number of furan rings is 1. The number of nitrogens with one attached hydrogen (secondary N) is 2. The summed E-state index contributed by atoms with van der Waals surface area (Å²) >= 11 is 1.53. The Morgan fingerprint density at radius 3 is 2.74 bits per heavy atom. The van der Waals surface area contributed by atoms with Gasteiger partial charge in [-0.25, -0.2) is 9.78 Å². The summed E-state index contributed by atoms with van der Waals surface area (Å²) in [7, 11) is 0. The first kappa shape index (κ1) is 17.5. The third-order valence-corrected chi connectivity index (χ3v) is 4.59. The lowest BCUT2D eigenvalue weighted by Gasteiger charge is -2.22. The van der Waals surface area contributed by atoms with E-state index in [2.05, 4.69) is 15.6 Å². The smallest absolute Gasteiger partial charge is 0.315 e. The Morgan fingerprint density at radius 2 is 2.22 bits per heavy atom. The van der Waals surface area contributed by atoms with E-state index >= 15 is 0 Å². The van der Waals surface area contributed by atoms with Crippen LogP contribution in [0.3, 0.4) is 0 Å². The normalized spacial score (nSPS) is 15.0. The predicted octanol–water partition coefficient (Wildman–Crippen LogP) is 3.01. The lowest BCUT2D eigenvalue weighted by Crippen LogP contribution is -2.44. The van der Waals surface area contributed by atoms with Crippen LogP contribution in [0.25, 0.3) is 0 Å². The van der Waals surface area contributed by atoms with Gasteiger partial charge in [0.2, 0.25) is 0 Å². The van der Waals surface area contributed by atoms with Crippen LogP contribution in [0.4, 0.5) is 4.79 Å². The fourth-order valence-electron chi connectivity index (χ4n) is 2.14. The molecule has 0 saturated carbocycles. The van der Waals surface area contributed by atoms with E-state index in [1.807, 2.05) is 26.2 Å². The Bertz CT molecular complexity index is 663.